The second kappa shape index (κ2) is 8.70. The minimum absolute atomic E-state index is 0.180. The summed E-state index contributed by atoms with van der Waals surface area (Å²) >= 11 is 5.89. The van der Waals surface area contributed by atoms with Gasteiger partial charge in [-0.15, -0.1) is 0 Å². The van der Waals surface area contributed by atoms with Crippen LogP contribution < -0.4 is 10.1 Å². The van der Waals surface area contributed by atoms with Crippen molar-refractivity contribution in [3.05, 3.63) is 70.9 Å². The summed E-state index contributed by atoms with van der Waals surface area (Å²) in [5.41, 5.74) is 2.04. The van der Waals surface area contributed by atoms with Crippen LogP contribution in [-0.2, 0) is 6.61 Å². The third-order valence-electron chi connectivity index (χ3n) is 3.73. The van der Waals surface area contributed by atoms with Crippen molar-refractivity contribution in [3.63, 3.8) is 0 Å². The molecule has 1 amide bonds. The summed E-state index contributed by atoms with van der Waals surface area (Å²) in [6.45, 7) is 1.98. The lowest BCUT2D eigenvalue weighted by molar-refractivity contribution is 0.0923. The average Bonchev–Trinajstić information content (AvgIpc) is 3.14. The molecule has 1 atom stereocenters. The minimum Gasteiger partial charge on any atom is -0.486 e. The first kappa shape index (κ1) is 18.9. The van der Waals surface area contributed by atoms with E-state index < -0.39 is 6.10 Å². The third-order valence-corrected chi connectivity index (χ3v) is 3.99. The molecule has 1 heterocycles. The van der Waals surface area contributed by atoms with E-state index in [-0.39, 0.29) is 19.1 Å². The number of ether oxygens (including phenoxy) is 1. The van der Waals surface area contributed by atoms with Gasteiger partial charge in [0.1, 0.15) is 18.1 Å². The molecule has 0 bridgehead atoms. The van der Waals surface area contributed by atoms with E-state index in [1.807, 2.05) is 12.1 Å². The fraction of sp³-hybridized carbons (Fsp3) is 0.200. The van der Waals surface area contributed by atoms with Gasteiger partial charge in [0.2, 0.25) is 0 Å². The Balaban J connectivity index is 1.61. The van der Waals surface area contributed by atoms with Gasteiger partial charge in [-0.2, -0.15) is 0 Å². The van der Waals surface area contributed by atoms with Crippen molar-refractivity contribution in [2.24, 2.45) is 0 Å². The highest BCUT2D eigenvalue weighted by Gasteiger charge is 2.10. The highest BCUT2D eigenvalue weighted by atomic mass is 35.5. The Bertz CT molecular complexity index is 906. The average molecular weight is 387 g/mol. The highest BCUT2D eigenvalue weighted by Crippen LogP contribution is 2.22. The Hall–Kier alpha value is -2.83. The maximum Gasteiger partial charge on any atom is 0.251 e. The summed E-state index contributed by atoms with van der Waals surface area (Å²) in [5, 5.41) is 16.6. The summed E-state index contributed by atoms with van der Waals surface area (Å²) in [6.07, 6.45) is -0.602. The highest BCUT2D eigenvalue weighted by molar-refractivity contribution is 6.30. The number of nitrogens with one attached hydrogen (secondary N) is 1. The molecule has 27 heavy (non-hydrogen) atoms. The van der Waals surface area contributed by atoms with Gasteiger partial charge in [-0.3, -0.25) is 4.79 Å². The molecular formula is C20H19ClN2O4. The van der Waals surface area contributed by atoms with E-state index in [1.165, 1.54) is 0 Å². The van der Waals surface area contributed by atoms with Crippen LogP contribution in [-0.4, -0.2) is 28.8 Å². The second-order valence-electron chi connectivity index (χ2n) is 6.06. The first-order valence-corrected chi connectivity index (χ1v) is 8.80. The van der Waals surface area contributed by atoms with Crippen molar-refractivity contribution >= 4 is 17.5 Å². The van der Waals surface area contributed by atoms with Gasteiger partial charge in [-0.25, -0.2) is 0 Å². The molecular weight excluding hydrogens is 368 g/mol. The van der Waals surface area contributed by atoms with Crippen molar-refractivity contribution in [3.8, 4) is 17.0 Å². The molecule has 0 fully saturated rings. The van der Waals surface area contributed by atoms with Crippen LogP contribution in [0.15, 0.2) is 59.1 Å². The lowest BCUT2D eigenvalue weighted by atomic mass is 10.1. The van der Waals surface area contributed by atoms with Crippen molar-refractivity contribution in [1.82, 2.24) is 10.5 Å². The van der Waals surface area contributed by atoms with Crippen LogP contribution in [0.2, 0.25) is 5.02 Å². The van der Waals surface area contributed by atoms with Gasteiger partial charge in [-0.05, 0) is 37.3 Å². The van der Waals surface area contributed by atoms with E-state index in [2.05, 4.69) is 10.5 Å². The van der Waals surface area contributed by atoms with Gasteiger partial charge in [0.05, 0.1) is 6.10 Å². The smallest absolute Gasteiger partial charge is 0.251 e. The predicted molar refractivity (Wildman–Crippen MR) is 102 cm³/mol. The van der Waals surface area contributed by atoms with E-state index in [0.717, 1.165) is 5.56 Å². The van der Waals surface area contributed by atoms with Crippen molar-refractivity contribution in [2.45, 2.75) is 19.6 Å². The van der Waals surface area contributed by atoms with Gasteiger partial charge in [0.25, 0.3) is 5.91 Å². The Morgan fingerprint density at radius 3 is 2.78 bits per heavy atom. The molecule has 7 heteroatoms. The Kier molecular flexibility index (Phi) is 6.11. The zero-order chi connectivity index (χ0) is 19.2. The van der Waals surface area contributed by atoms with Gasteiger partial charge in [-0.1, -0.05) is 35.0 Å². The number of hydrogen-bond donors (Lipinski definition) is 2. The van der Waals surface area contributed by atoms with E-state index in [9.17, 15) is 9.90 Å². The molecule has 140 valence electrons. The molecule has 0 saturated carbocycles. The number of aromatic nitrogens is 1. The number of rotatable bonds is 7. The number of nitrogens with zero attached hydrogens (tertiary/aromatic N) is 1. The predicted octanol–water partition coefficient (Wildman–Crippen LogP) is 3.68. The molecule has 1 aromatic heterocycles. The number of carbonyl (C=O) groups is 1. The van der Waals surface area contributed by atoms with Crippen LogP contribution in [0.5, 0.6) is 5.75 Å². The quantitative estimate of drug-likeness (QED) is 0.647. The number of carbonyl (C=O) groups excluding carboxylic acids is 1. The van der Waals surface area contributed by atoms with Crippen LogP contribution in [0.4, 0.5) is 0 Å². The molecule has 1 unspecified atom stereocenters. The molecule has 0 spiro atoms. The summed E-state index contributed by atoms with van der Waals surface area (Å²) < 4.78 is 11.0. The fourth-order valence-electron chi connectivity index (χ4n) is 2.36. The van der Waals surface area contributed by atoms with Gasteiger partial charge in [0.15, 0.2) is 5.76 Å². The lowest BCUT2D eigenvalue weighted by Gasteiger charge is -2.09. The maximum absolute atomic E-state index is 12.0. The summed E-state index contributed by atoms with van der Waals surface area (Å²) in [6, 6.07) is 15.9. The van der Waals surface area contributed by atoms with Crippen LogP contribution in [0, 0.1) is 0 Å². The lowest BCUT2D eigenvalue weighted by Crippen LogP contribution is -2.30. The maximum atomic E-state index is 12.0. The molecule has 0 saturated heterocycles. The van der Waals surface area contributed by atoms with E-state index >= 15 is 0 Å². The minimum atomic E-state index is -0.602. The van der Waals surface area contributed by atoms with Crippen molar-refractivity contribution < 1.29 is 19.2 Å². The monoisotopic (exact) mass is 386 g/mol. The molecule has 6 nitrogen and oxygen atoms in total. The number of aliphatic hydroxyl groups excluding tert-OH is 1. The Labute approximate surface area is 161 Å². The molecule has 3 aromatic rings. The molecule has 0 aliphatic carbocycles. The zero-order valence-corrected chi connectivity index (χ0v) is 15.4. The van der Waals surface area contributed by atoms with E-state index in [1.54, 1.807) is 49.4 Å². The fourth-order valence-corrected chi connectivity index (χ4v) is 2.49. The molecule has 2 aromatic carbocycles. The molecule has 0 radical (unpaired) electrons. The van der Waals surface area contributed by atoms with Gasteiger partial charge >= 0.3 is 0 Å². The molecule has 0 aliphatic heterocycles. The first-order valence-electron chi connectivity index (χ1n) is 8.42. The Morgan fingerprint density at radius 2 is 2.04 bits per heavy atom. The van der Waals surface area contributed by atoms with E-state index in [0.29, 0.717) is 27.8 Å². The zero-order valence-electron chi connectivity index (χ0n) is 14.7. The SMILES string of the molecule is CC(O)CNC(=O)c1cccc(OCc2cc(-c3ccc(Cl)cc3)no2)c1. The van der Waals surface area contributed by atoms with Crippen LogP contribution in [0.3, 0.4) is 0 Å². The number of aliphatic hydroxyl groups is 1. The number of hydrogen-bond acceptors (Lipinski definition) is 5. The summed E-state index contributed by atoms with van der Waals surface area (Å²) in [7, 11) is 0. The van der Waals surface area contributed by atoms with Crippen LogP contribution in [0.25, 0.3) is 11.3 Å². The number of amides is 1. The molecule has 2 N–H and O–H groups in total. The topological polar surface area (TPSA) is 84.6 Å². The second-order valence-corrected chi connectivity index (χ2v) is 6.50. The van der Waals surface area contributed by atoms with Gasteiger partial charge < -0.3 is 19.7 Å². The number of benzene rings is 2. The van der Waals surface area contributed by atoms with Gasteiger partial charge in [0, 0.05) is 28.8 Å². The first-order chi connectivity index (χ1) is 13.0. The van der Waals surface area contributed by atoms with Crippen LogP contribution in [0.1, 0.15) is 23.0 Å². The normalized spacial score (nSPS) is 11.8. The summed E-state index contributed by atoms with van der Waals surface area (Å²) in [5.74, 6) is 0.819. The van der Waals surface area contributed by atoms with Crippen LogP contribution >= 0.6 is 11.6 Å². The molecule has 0 aliphatic rings. The van der Waals surface area contributed by atoms with E-state index in [4.69, 9.17) is 20.9 Å². The summed E-state index contributed by atoms with van der Waals surface area (Å²) in [4.78, 5) is 12.0. The Morgan fingerprint density at radius 1 is 1.26 bits per heavy atom. The van der Waals surface area contributed by atoms with Crippen molar-refractivity contribution in [1.29, 1.82) is 0 Å². The van der Waals surface area contributed by atoms with Crippen molar-refractivity contribution in [2.75, 3.05) is 6.54 Å². The molecule has 3 rings (SSSR count). The standard InChI is InChI=1S/C20H19ClN2O4/c1-13(24)11-22-20(25)15-3-2-4-17(9-15)26-12-18-10-19(23-27-18)14-5-7-16(21)8-6-14/h2-10,13,24H,11-12H2,1H3,(H,22,25). The largest absolute Gasteiger partial charge is 0.486 e. The number of halogens is 1. The third kappa shape index (κ3) is 5.32.